The number of halogens is 1. The summed E-state index contributed by atoms with van der Waals surface area (Å²) in [5.74, 6) is -0.865. The number of ether oxygens (including phenoxy) is 2. The Balaban J connectivity index is 1.55. The van der Waals surface area contributed by atoms with Gasteiger partial charge in [0.1, 0.15) is 5.82 Å². The maximum absolute atomic E-state index is 13.3. The maximum atomic E-state index is 13.3. The van der Waals surface area contributed by atoms with Crippen molar-refractivity contribution in [2.24, 2.45) is 5.41 Å². The second-order valence-electron chi connectivity index (χ2n) is 8.43. The summed E-state index contributed by atoms with van der Waals surface area (Å²) in [5.41, 5.74) is 4.20. The molecule has 2 aliphatic carbocycles. The van der Waals surface area contributed by atoms with E-state index in [-0.39, 0.29) is 23.4 Å². The van der Waals surface area contributed by atoms with Crippen LogP contribution in [0.2, 0.25) is 0 Å². The van der Waals surface area contributed by atoms with Crippen LogP contribution in [0.25, 0.3) is 11.8 Å². The summed E-state index contributed by atoms with van der Waals surface area (Å²) in [4.78, 5) is 0. The second kappa shape index (κ2) is 6.13. The Morgan fingerprint density at radius 2 is 2.07 bits per heavy atom. The molecule has 1 aliphatic heterocycles. The standard InChI is InChI=1S/C23H25FN2O2/c1-4-20-11-15(2)27-23(28-20)10-9-17-12-21-16(13-22(17,23)3)14-25-26(21)19-7-5-18(24)6-8-19/h4-8,12,14-15,20H,1,9-11,13H2,2-3H3/t15-,20-,22-,23?/m0/s1. The van der Waals surface area contributed by atoms with E-state index in [1.807, 2.05) is 17.0 Å². The molecule has 1 aromatic heterocycles. The van der Waals surface area contributed by atoms with Crippen molar-refractivity contribution >= 4 is 6.08 Å². The third-order valence-electron chi connectivity index (χ3n) is 6.65. The monoisotopic (exact) mass is 380 g/mol. The zero-order valence-electron chi connectivity index (χ0n) is 16.3. The van der Waals surface area contributed by atoms with Gasteiger partial charge < -0.3 is 9.47 Å². The quantitative estimate of drug-likeness (QED) is 0.701. The van der Waals surface area contributed by atoms with E-state index < -0.39 is 5.79 Å². The van der Waals surface area contributed by atoms with Crippen molar-refractivity contribution in [1.29, 1.82) is 0 Å². The van der Waals surface area contributed by atoms with Crippen molar-refractivity contribution in [2.45, 2.75) is 57.5 Å². The van der Waals surface area contributed by atoms with Crippen LogP contribution in [0.4, 0.5) is 4.39 Å². The van der Waals surface area contributed by atoms with Crippen molar-refractivity contribution < 1.29 is 13.9 Å². The number of rotatable bonds is 2. The molecule has 0 bridgehead atoms. The smallest absolute Gasteiger partial charge is 0.178 e. The van der Waals surface area contributed by atoms with Gasteiger partial charge >= 0.3 is 0 Å². The van der Waals surface area contributed by atoms with Gasteiger partial charge in [-0.05, 0) is 55.7 Å². The predicted molar refractivity (Wildman–Crippen MR) is 106 cm³/mol. The van der Waals surface area contributed by atoms with Crippen molar-refractivity contribution in [2.75, 3.05) is 0 Å². The van der Waals surface area contributed by atoms with Crippen molar-refractivity contribution in [1.82, 2.24) is 9.78 Å². The first-order valence-corrected chi connectivity index (χ1v) is 9.96. The normalized spacial score (nSPS) is 34.0. The molecule has 4 atom stereocenters. The van der Waals surface area contributed by atoms with Gasteiger partial charge in [-0.15, -0.1) is 6.58 Å². The molecule has 0 N–H and O–H groups in total. The molecule has 1 saturated heterocycles. The van der Waals surface area contributed by atoms with Gasteiger partial charge in [0.15, 0.2) is 5.79 Å². The molecule has 146 valence electrons. The third kappa shape index (κ3) is 2.46. The zero-order chi connectivity index (χ0) is 19.5. The summed E-state index contributed by atoms with van der Waals surface area (Å²) >= 11 is 0. The lowest BCUT2D eigenvalue weighted by Crippen LogP contribution is -2.56. The fraction of sp³-hybridized carbons (Fsp3) is 0.435. The Labute approximate surface area is 164 Å². The Hall–Kier alpha value is -2.24. The van der Waals surface area contributed by atoms with Crippen LogP contribution in [0.5, 0.6) is 0 Å². The number of fused-ring (bicyclic) bond motifs is 3. The molecule has 5 rings (SSSR count). The van der Waals surface area contributed by atoms with Crippen LogP contribution in [-0.2, 0) is 15.9 Å². The van der Waals surface area contributed by atoms with Crippen LogP contribution in [0.15, 0.2) is 48.7 Å². The number of benzene rings is 1. The van der Waals surface area contributed by atoms with Gasteiger partial charge in [0.25, 0.3) is 0 Å². The van der Waals surface area contributed by atoms with Crippen LogP contribution in [-0.4, -0.2) is 27.8 Å². The van der Waals surface area contributed by atoms with E-state index in [1.165, 1.54) is 17.7 Å². The molecule has 5 heteroatoms. The highest BCUT2D eigenvalue weighted by atomic mass is 19.1. The van der Waals surface area contributed by atoms with Gasteiger partial charge in [0.2, 0.25) is 0 Å². The van der Waals surface area contributed by atoms with Gasteiger partial charge in [-0.25, -0.2) is 9.07 Å². The largest absolute Gasteiger partial charge is 0.346 e. The molecule has 2 heterocycles. The summed E-state index contributed by atoms with van der Waals surface area (Å²) in [5, 5.41) is 4.59. The average molecular weight is 380 g/mol. The van der Waals surface area contributed by atoms with Crippen LogP contribution < -0.4 is 0 Å². The molecule has 2 aromatic rings. The van der Waals surface area contributed by atoms with Gasteiger partial charge in [-0.1, -0.05) is 18.6 Å². The molecule has 1 spiro atoms. The molecule has 0 amide bonds. The molecule has 28 heavy (non-hydrogen) atoms. The highest BCUT2D eigenvalue weighted by molar-refractivity contribution is 5.62. The molecular formula is C23H25FN2O2. The van der Waals surface area contributed by atoms with Crippen LogP contribution >= 0.6 is 0 Å². The van der Waals surface area contributed by atoms with Crippen molar-refractivity contribution in [3.05, 3.63) is 65.8 Å². The van der Waals surface area contributed by atoms with Gasteiger partial charge in [-0.2, -0.15) is 5.10 Å². The SMILES string of the molecule is C=C[C@H]1C[C@H](C)OC2(CCC3=Cc4c(cnn4-c4ccc(F)cc4)C[C@@]32C)O1. The minimum atomic E-state index is -0.620. The van der Waals surface area contributed by atoms with Crippen LogP contribution in [0.1, 0.15) is 44.4 Å². The number of nitrogens with zero attached hydrogens (tertiary/aromatic N) is 2. The minimum absolute atomic E-state index is 0.0169. The van der Waals surface area contributed by atoms with Gasteiger partial charge in [-0.3, -0.25) is 0 Å². The maximum Gasteiger partial charge on any atom is 0.178 e. The lowest BCUT2D eigenvalue weighted by atomic mass is 9.71. The minimum Gasteiger partial charge on any atom is -0.346 e. The third-order valence-corrected chi connectivity index (χ3v) is 6.65. The first-order chi connectivity index (χ1) is 13.4. The van der Waals surface area contributed by atoms with Gasteiger partial charge in [0.05, 0.1) is 29.8 Å². The average Bonchev–Trinajstić information content (AvgIpc) is 3.19. The van der Waals surface area contributed by atoms with E-state index in [0.29, 0.717) is 0 Å². The number of aromatic nitrogens is 2. The molecule has 1 saturated carbocycles. The lowest BCUT2D eigenvalue weighted by Gasteiger charge is -2.50. The Kier molecular flexibility index (Phi) is 3.90. The van der Waals surface area contributed by atoms with Crippen molar-refractivity contribution in [3.63, 3.8) is 0 Å². The molecule has 2 fully saturated rings. The summed E-state index contributed by atoms with van der Waals surface area (Å²) in [6.07, 6.45) is 9.63. The van der Waals surface area contributed by atoms with Crippen LogP contribution in [0, 0.1) is 11.2 Å². The highest BCUT2D eigenvalue weighted by Gasteiger charge is 2.61. The fourth-order valence-corrected chi connectivity index (χ4v) is 5.13. The second-order valence-corrected chi connectivity index (χ2v) is 8.43. The first-order valence-electron chi connectivity index (χ1n) is 9.96. The molecule has 1 unspecified atom stereocenters. The topological polar surface area (TPSA) is 36.3 Å². The predicted octanol–water partition coefficient (Wildman–Crippen LogP) is 4.83. The Morgan fingerprint density at radius 3 is 2.82 bits per heavy atom. The van der Waals surface area contributed by atoms with Crippen LogP contribution in [0.3, 0.4) is 0 Å². The summed E-state index contributed by atoms with van der Waals surface area (Å²) in [6, 6.07) is 6.45. The van der Waals surface area contributed by atoms with Gasteiger partial charge in [0, 0.05) is 18.3 Å². The Bertz CT molecular complexity index is 963. The van der Waals surface area contributed by atoms with Crippen molar-refractivity contribution in [3.8, 4) is 5.69 Å². The highest BCUT2D eigenvalue weighted by Crippen LogP contribution is 2.59. The molecule has 1 aromatic carbocycles. The van der Waals surface area contributed by atoms with E-state index in [9.17, 15) is 4.39 Å². The Morgan fingerprint density at radius 1 is 1.29 bits per heavy atom. The zero-order valence-corrected chi connectivity index (χ0v) is 16.3. The summed E-state index contributed by atoms with van der Waals surface area (Å²) in [6.45, 7) is 8.31. The fourth-order valence-electron chi connectivity index (χ4n) is 5.13. The first kappa shape index (κ1) is 17.8. The lowest BCUT2D eigenvalue weighted by molar-refractivity contribution is -0.338. The summed E-state index contributed by atoms with van der Waals surface area (Å²) in [7, 11) is 0. The van der Waals surface area contributed by atoms with E-state index in [0.717, 1.165) is 42.6 Å². The molecule has 4 nitrogen and oxygen atoms in total. The van der Waals surface area contributed by atoms with E-state index in [4.69, 9.17) is 9.47 Å². The van der Waals surface area contributed by atoms with E-state index >= 15 is 0 Å². The molecule has 0 radical (unpaired) electrons. The van der Waals surface area contributed by atoms with E-state index in [2.05, 4.69) is 31.6 Å². The molecular weight excluding hydrogens is 355 g/mol. The number of hydrogen-bond donors (Lipinski definition) is 0. The molecule has 3 aliphatic rings. The number of hydrogen-bond acceptors (Lipinski definition) is 3. The summed E-state index contributed by atoms with van der Waals surface area (Å²) < 4.78 is 28.2. The van der Waals surface area contributed by atoms with E-state index in [1.54, 1.807) is 12.1 Å².